The fraction of sp³-hybridized carbons (Fsp3) is 0.111. The van der Waals surface area contributed by atoms with E-state index < -0.39 is 16.0 Å². The third-order valence-electron chi connectivity index (χ3n) is 3.71. The lowest BCUT2D eigenvalue weighted by Gasteiger charge is -2.06. The number of hydrogen-bond acceptors (Lipinski definition) is 5. The molecule has 0 aliphatic heterocycles. The van der Waals surface area contributed by atoms with Crippen molar-refractivity contribution >= 4 is 33.0 Å². The summed E-state index contributed by atoms with van der Waals surface area (Å²) in [7, 11) is -2.58. The molecule has 7 heteroatoms. The standard InChI is InChI=1S/C18H16N2O4S/c1-13-7-9-14(10-8-13)25(22,23)20-17-6-4-3-5-15(17)16(19-20)11-12-18(21)24-2/h3-12H,1-2H3/b12-11+. The first-order valence-corrected chi connectivity index (χ1v) is 8.93. The van der Waals surface area contributed by atoms with E-state index in [4.69, 9.17) is 0 Å². The molecule has 0 fully saturated rings. The summed E-state index contributed by atoms with van der Waals surface area (Å²) >= 11 is 0. The van der Waals surface area contributed by atoms with Crippen LogP contribution in [0.15, 0.2) is 59.5 Å². The van der Waals surface area contributed by atoms with Crippen molar-refractivity contribution in [1.29, 1.82) is 0 Å². The number of nitrogens with zero attached hydrogens (tertiary/aromatic N) is 2. The smallest absolute Gasteiger partial charge is 0.330 e. The molecule has 0 amide bonds. The number of rotatable bonds is 4. The second-order valence-electron chi connectivity index (χ2n) is 5.42. The quantitative estimate of drug-likeness (QED) is 0.530. The Morgan fingerprint density at radius 2 is 1.80 bits per heavy atom. The van der Waals surface area contributed by atoms with E-state index in [-0.39, 0.29) is 4.90 Å². The van der Waals surface area contributed by atoms with E-state index in [1.807, 2.05) is 6.92 Å². The van der Waals surface area contributed by atoms with E-state index in [1.165, 1.54) is 19.3 Å². The monoisotopic (exact) mass is 356 g/mol. The minimum absolute atomic E-state index is 0.148. The molecular weight excluding hydrogens is 340 g/mol. The Morgan fingerprint density at radius 1 is 1.12 bits per heavy atom. The molecule has 2 aromatic carbocycles. The average Bonchev–Trinajstić information content (AvgIpc) is 2.99. The topological polar surface area (TPSA) is 78.3 Å². The van der Waals surface area contributed by atoms with Gasteiger partial charge in [-0.15, -0.1) is 0 Å². The zero-order valence-corrected chi connectivity index (χ0v) is 14.5. The molecule has 25 heavy (non-hydrogen) atoms. The van der Waals surface area contributed by atoms with E-state index >= 15 is 0 Å². The molecular formula is C18H16N2O4S. The molecule has 0 saturated heterocycles. The van der Waals surface area contributed by atoms with E-state index in [2.05, 4.69) is 9.84 Å². The number of aromatic nitrogens is 2. The van der Waals surface area contributed by atoms with Gasteiger partial charge in [0.1, 0.15) is 0 Å². The Kier molecular flexibility index (Phi) is 4.41. The number of aryl methyl sites for hydroxylation is 1. The van der Waals surface area contributed by atoms with Crippen LogP contribution in [0.4, 0.5) is 0 Å². The number of methoxy groups -OCH3 is 1. The van der Waals surface area contributed by atoms with Crippen molar-refractivity contribution in [2.24, 2.45) is 0 Å². The molecule has 0 unspecified atom stereocenters. The molecule has 1 aromatic heterocycles. The number of carbonyl (C=O) groups is 1. The third kappa shape index (κ3) is 3.18. The predicted molar refractivity (Wildman–Crippen MR) is 94.5 cm³/mol. The van der Waals surface area contributed by atoms with Crippen molar-refractivity contribution in [2.45, 2.75) is 11.8 Å². The molecule has 0 bridgehead atoms. The second-order valence-corrected chi connectivity index (χ2v) is 7.19. The number of ether oxygens (including phenoxy) is 1. The summed E-state index contributed by atoms with van der Waals surface area (Å²) in [6, 6.07) is 13.5. The molecule has 3 rings (SSSR count). The van der Waals surface area contributed by atoms with Crippen LogP contribution in [0, 0.1) is 6.92 Å². The van der Waals surface area contributed by atoms with Crippen LogP contribution >= 0.6 is 0 Å². The van der Waals surface area contributed by atoms with Crippen LogP contribution in [0.3, 0.4) is 0 Å². The first-order chi connectivity index (χ1) is 11.9. The van der Waals surface area contributed by atoms with Gasteiger partial charge >= 0.3 is 5.97 Å². The van der Waals surface area contributed by atoms with Crippen LogP contribution in [0.5, 0.6) is 0 Å². The van der Waals surface area contributed by atoms with Gasteiger partial charge in [-0.1, -0.05) is 35.9 Å². The summed E-state index contributed by atoms with van der Waals surface area (Å²) in [5.41, 5.74) is 1.77. The molecule has 128 valence electrons. The minimum Gasteiger partial charge on any atom is -0.466 e. The summed E-state index contributed by atoms with van der Waals surface area (Å²) in [5.74, 6) is -0.542. The fourth-order valence-corrected chi connectivity index (χ4v) is 3.69. The summed E-state index contributed by atoms with van der Waals surface area (Å²) in [6.45, 7) is 1.88. The van der Waals surface area contributed by atoms with Crippen molar-refractivity contribution in [3.63, 3.8) is 0 Å². The van der Waals surface area contributed by atoms with E-state index in [1.54, 1.807) is 48.5 Å². The zero-order valence-electron chi connectivity index (χ0n) is 13.7. The Morgan fingerprint density at radius 3 is 2.48 bits per heavy atom. The van der Waals surface area contributed by atoms with Gasteiger partial charge in [0.05, 0.1) is 23.2 Å². The lowest BCUT2D eigenvalue weighted by Crippen LogP contribution is -2.14. The molecule has 0 saturated carbocycles. The summed E-state index contributed by atoms with van der Waals surface area (Å²) in [5, 5.41) is 4.82. The largest absolute Gasteiger partial charge is 0.466 e. The van der Waals surface area contributed by atoms with Gasteiger partial charge in [0.2, 0.25) is 0 Å². The fourth-order valence-electron chi connectivity index (χ4n) is 2.39. The van der Waals surface area contributed by atoms with Crippen molar-refractivity contribution in [3.8, 4) is 0 Å². The first-order valence-electron chi connectivity index (χ1n) is 7.49. The van der Waals surface area contributed by atoms with Crippen molar-refractivity contribution < 1.29 is 17.9 Å². The molecule has 0 aliphatic carbocycles. The molecule has 0 atom stereocenters. The van der Waals surface area contributed by atoms with Crippen LogP contribution in [-0.2, 0) is 19.6 Å². The first kappa shape index (κ1) is 16.9. The molecule has 3 aromatic rings. The maximum absolute atomic E-state index is 13.0. The van der Waals surface area contributed by atoms with E-state index in [0.29, 0.717) is 16.6 Å². The van der Waals surface area contributed by atoms with Gasteiger partial charge in [-0.2, -0.15) is 17.6 Å². The lowest BCUT2D eigenvalue weighted by molar-refractivity contribution is -0.134. The number of esters is 1. The Labute approximate surface area is 145 Å². The Balaban J connectivity index is 2.18. The highest BCUT2D eigenvalue weighted by Gasteiger charge is 2.22. The van der Waals surface area contributed by atoms with Crippen molar-refractivity contribution in [1.82, 2.24) is 9.19 Å². The van der Waals surface area contributed by atoms with Gasteiger partial charge in [0.15, 0.2) is 0 Å². The maximum atomic E-state index is 13.0. The SMILES string of the molecule is COC(=O)/C=C/c1nn(S(=O)(=O)c2ccc(C)cc2)c2ccccc12. The number of para-hydroxylation sites is 1. The van der Waals surface area contributed by atoms with Crippen LogP contribution in [-0.4, -0.2) is 30.7 Å². The summed E-state index contributed by atoms with van der Waals surface area (Å²) in [6.07, 6.45) is 2.65. The van der Waals surface area contributed by atoms with Gasteiger partial charge in [0, 0.05) is 11.5 Å². The molecule has 0 radical (unpaired) electrons. The molecule has 0 spiro atoms. The number of fused-ring (bicyclic) bond motifs is 1. The van der Waals surface area contributed by atoms with E-state index in [9.17, 15) is 13.2 Å². The molecule has 0 aliphatic rings. The average molecular weight is 356 g/mol. The zero-order chi connectivity index (χ0) is 18.0. The maximum Gasteiger partial charge on any atom is 0.330 e. The van der Waals surface area contributed by atoms with Crippen LogP contribution in [0.1, 0.15) is 11.3 Å². The predicted octanol–water partition coefficient (Wildman–Crippen LogP) is 2.77. The normalized spacial score (nSPS) is 11.9. The molecule has 0 N–H and O–H groups in total. The van der Waals surface area contributed by atoms with Gasteiger partial charge in [-0.3, -0.25) is 0 Å². The highest BCUT2D eigenvalue weighted by molar-refractivity contribution is 7.90. The van der Waals surface area contributed by atoms with Crippen LogP contribution in [0.25, 0.3) is 17.0 Å². The van der Waals surface area contributed by atoms with Crippen molar-refractivity contribution in [2.75, 3.05) is 7.11 Å². The van der Waals surface area contributed by atoms with Gasteiger partial charge in [-0.25, -0.2) is 4.79 Å². The highest BCUT2D eigenvalue weighted by Crippen LogP contribution is 2.24. The highest BCUT2D eigenvalue weighted by atomic mass is 32.2. The molecule has 1 heterocycles. The van der Waals surface area contributed by atoms with Gasteiger partial charge in [-0.05, 0) is 31.2 Å². The van der Waals surface area contributed by atoms with Gasteiger partial charge < -0.3 is 4.74 Å². The van der Waals surface area contributed by atoms with E-state index in [0.717, 1.165) is 9.65 Å². The number of carbonyl (C=O) groups excluding carboxylic acids is 1. The third-order valence-corrected chi connectivity index (χ3v) is 5.31. The Hall–Kier alpha value is -2.93. The number of hydrogen-bond donors (Lipinski definition) is 0. The Bertz CT molecular complexity index is 1060. The van der Waals surface area contributed by atoms with Crippen LogP contribution < -0.4 is 0 Å². The van der Waals surface area contributed by atoms with Crippen molar-refractivity contribution in [3.05, 3.63) is 65.9 Å². The van der Waals surface area contributed by atoms with Crippen LogP contribution in [0.2, 0.25) is 0 Å². The number of benzene rings is 2. The summed E-state index contributed by atoms with van der Waals surface area (Å²) < 4.78 is 31.5. The lowest BCUT2D eigenvalue weighted by atomic mass is 10.2. The molecule has 6 nitrogen and oxygen atoms in total. The second kappa shape index (κ2) is 6.52. The van der Waals surface area contributed by atoms with Gasteiger partial charge in [0.25, 0.3) is 10.0 Å². The minimum atomic E-state index is -3.85. The summed E-state index contributed by atoms with van der Waals surface area (Å²) in [4.78, 5) is 11.5.